The molecule has 0 bridgehead atoms. The average Bonchev–Trinajstić information content (AvgIpc) is 3.12. The van der Waals surface area contributed by atoms with Crippen LogP contribution in [0.25, 0.3) is 0 Å². The summed E-state index contributed by atoms with van der Waals surface area (Å²) in [6.07, 6.45) is 2.13. The van der Waals surface area contributed by atoms with Crippen LogP contribution in [0.15, 0.2) is 18.2 Å². The summed E-state index contributed by atoms with van der Waals surface area (Å²) in [4.78, 5) is 13.8. The number of rotatable bonds is 2. The van der Waals surface area contributed by atoms with Gasteiger partial charge in [0.2, 0.25) is 0 Å². The summed E-state index contributed by atoms with van der Waals surface area (Å²) in [5.41, 5.74) is 5.86. The Balaban J connectivity index is 1.74. The fourth-order valence-corrected chi connectivity index (χ4v) is 2.71. The van der Waals surface area contributed by atoms with Crippen LogP contribution in [-0.4, -0.2) is 34.6 Å². The predicted molar refractivity (Wildman–Crippen MR) is 69.4 cm³/mol. The molecule has 18 heavy (non-hydrogen) atoms. The van der Waals surface area contributed by atoms with E-state index in [1.165, 1.54) is 0 Å². The minimum Gasteiger partial charge on any atom is -0.397 e. The Kier molecular flexibility index (Phi) is 2.54. The molecule has 5 heteroatoms. The summed E-state index contributed by atoms with van der Waals surface area (Å²) in [7, 11) is 0. The standard InChI is InChI=1S/C13H15ClN2O2/c14-10-3-1-2-9(11(10)15)12(17)16-6-13(18,7-16)8-4-5-8/h1-3,8,18H,4-7,15H2. The van der Waals surface area contributed by atoms with Crippen LogP contribution in [0.5, 0.6) is 0 Å². The van der Waals surface area contributed by atoms with Gasteiger partial charge in [0.05, 0.1) is 29.4 Å². The molecule has 1 aromatic rings. The zero-order valence-corrected chi connectivity index (χ0v) is 10.7. The van der Waals surface area contributed by atoms with E-state index in [-0.39, 0.29) is 5.91 Å². The molecular weight excluding hydrogens is 252 g/mol. The number of nitrogens with zero attached hydrogens (tertiary/aromatic N) is 1. The number of nitrogens with two attached hydrogens (primary N) is 1. The highest BCUT2D eigenvalue weighted by Gasteiger charge is 2.53. The van der Waals surface area contributed by atoms with Gasteiger partial charge < -0.3 is 15.7 Å². The molecule has 2 fully saturated rings. The minimum absolute atomic E-state index is 0.152. The maximum Gasteiger partial charge on any atom is 0.256 e. The topological polar surface area (TPSA) is 66.6 Å². The summed E-state index contributed by atoms with van der Waals surface area (Å²) >= 11 is 5.90. The lowest BCUT2D eigenvalue weighted by molar-refractivity contribution is -0.0957. The molecule has 0 spiro atoms. The van der Waals surface area contributed by atoms with Crippen molar-refractivity contribution in [2.75, 3.05) is 18.8 Å². The number of hydrogen-bond donors (Lipinski definition) is 2. The SMILES string of the molecule is Nc1c(Cl)cccc1C(=O)N1CC(O)(C2CC2)C1. The summed E-state index contributed by atoms with van der Waals surface area (Å²) in [5, 5.41) is 10.6. The van der Waals surface area contributed by atoms with E-state index in [9.17, 15) is 9.90 Å². The number of hydrogen-bond acceptors (Lipinski definition) is 3. The van der Waals surface area contributed by atoms with Gasteiger partial charge in [0, 0.05) is 0 Å². The third kappa shape index (κ3) is 1.76. The minimum atomic E-state index is -0.664. The Labute approximate surface area is 110 Å². The van der Waals surface area contributed by atoms with E-state index in [1.54, 1.807) is 23.1 Å². The van der Waals surface area contributed by atoms with E-state index in [2.05, 4.69) is 0 Å². The molecule has 4 nitrogen and oxygen atoms in total. The second-order valence-electron chi connectivity index (χ2n) is 5.24. The maximum atomic E-state index is 12.2. The van der Waals surface area contributed by atoms with Gasteiger partial charge in [-0.25, -0.2) is 0 Å². The molecular formula is C13H15ClN2O2. The molecule has 3 N–H and O–H groups in total. The number of benzene rings is 1. The van der Waals surface area contributed by atoms with Crippen molar-refractivity contribution in [1.82, 2.24) is 4.90 Å². The molecule has 96 valence electrons. The number of anilines is 1. The summed E-state index contributed by atoms with van der Waals surface area (Å²) in [6, 6.07) is 5.03. The quantitative estimate of drug-likeness (QED) is 0.798. The van der Waals surface area contributed by atoms with Crippen LogP contribution in [0.3, 0.4) is 0 Å². The first kappa shape index (κ1) is 11.8. The molecule has 0 radical (unpaired) electrons. The molecule has 1 saturated heterocycles. The van der Waals surface area contributed by atoms with Crippen LogP contribution in [0.4, 0.5) is 5.69 Å². The molecule has 1 aliphatic carbocycles. The molecule has 0 atom stereocenters. The monoisotopic (exact) mass is 266 g/mol. The van der Waals surface area contributed by atoms with Crippen molar-refractivity contribution in [2.24, 2.45) is 5.92 Å². The number of para-hydroxylation sites is 1. The smallest absolute Gasteiger partial charge is 0.256 e. The van der Waals surface area contributed by atoms with Crippen LogP contribution in [-0.2, 0) is 0 Å². The molecule has 1 amide bonds. The van der Waals surface area contributed by atoms with Crippen LogP contribution >= 0.6 is 11.6 Å². The van der Waals surface area contributed by atoms with E-state index in [0.717, 1.165) is 12.8 Å². The Morgan fingerprint density at radius 1 is 1.44 bits per heavy atom. The summed E-state index contributed by atoms with van der Waals surface area (Å²) in [5.74, 6) is 0.221. The largest absolute Gasteiger partial charge is 0.397 e. The number of nitrogen functional groups attached to an aromatic ring is 1. The Morgan fingerprint density at radius 3 is 2.72 bits per heavy atom. The van der Waals surface area contributed by atoms with Gasteiger partial charge >= 0.3 is 0 Å². The number of likely N-dealkylation sites (tertiary alicyclic amines) is 1. The second-order valence-corrected chi connectivity index (χ2v) is 5.65. The molecule has 2 aliphatic rings. The van der Waals surface area contributed by atoms with Crippen LogP contribution in [0.2, 0.25) is 5.02 Å². The lowest BCUT2D eigenvalue weighted by Crippen LogP contribution is -2.64. The Hall–Kier alpha value is -1.26. The normalized spacial score (nSPS) is 21.6. The van der Waals surface area contributed by atoms with Gasteiger partial charge in [0.15, 0.2) is 0 Å². The fraction of sp³-hybridized carbons (Fsp3) is 0.462. The number of β-amino-alcohol motifs (C(OH)–C–C–N with tert-alkyl or cyclic N) is 1. The van der Waals surface area contributed by atoms with Crippen molar-refractivity contribution in [1.29, 1.82) is 0 Å². The van der Waals surface area contributed by atoms with Crippen LogP contribution in [0.1, 0.15) is 23.2 Å². The van der Waals surface area contributed by atoms with Crippen molar-refractivity contribution in [2.45, 2.75) is 18.4 Å². The first-order valence-corrected chi connectivity index (χ1v) is 6.45. The highest BCUT2D eigenvalue weighted by atomic mass is 35.5. The third-order valence-corrected chi connectivity index (χ3v) is 4.17. The molecule has 1 aromatic carbocycles. The fourth-order valence-electron chi connectivity index (χ4n) is 2.53. The van der Waals surface area contributed by atoms with E-state index >= 15 is 0 Å². The van der Waals surface area contributed by atoms with Crippen LogP contribution in [0, 0.1) is 5.92 Å². The van der Waals surface area contributed by atoms with Crippen molar-refractivity contribution >= 4 is 23.2 Å². The van der Waals surface area contributed by atoms with Gasteiger partial charge in [-0.2, -0.15) is 0 Å². The number of carbonyl (C=O) groups is 1. The van der Waals surface area contributed by atoms with E-state index in [0.29, 0.717) is 35.3 Å². The third-order valence-electron chi connectivity index (χ3n) is 3.84. The molecule has 3 rings (SSSR count). The molecule has 0 unspecified atom stereocenters. The number of carbonyl (C=O) groups excluding carboxylic acids is 1. The lowest BCUT2D eigenvalue weighted by atomic mass is 9.88. The molecule has 1 saturated carbocycles. The first-order chi connectivity index (χ1) is 8.51. The zero-order valence-electron chi connectivity index (χ0n) is 9.90. The molecule has 1 aliphatic heterocycles. The van der Waals surface area contributed by atoms with Crippen LogP contribution < -0.4 is 5.73 Å². The second kappa shape index (κ2) is 3.87. The molecule has 1 heterocycles. The van der Waals surface area contributed by atoms with E-state index in [4.69, 9.17) is 17.3 Å². The van der Waals surface area contributed by atoms with Crippen molar-refractivity contribution < 1.29 is 9.90 Å². The van der Waals surface area contributed by atoms with Gasteiger partial charge in [-0.15, -0.1) is 0 Å². The average molecular weight is 267 g/mol. The van der Waals surface area contributed by atoms with Crippen molar-refractivity contribution in [3.8, 4) is 0 Å². The Morgan fingerprint density at radius 2 is 2.11 bits per heavy atom. The lowest BCUT2D eigenvalue weighted by Gasteiger charge is -2.47. The highest BCUT2D eigenvalue weighted by Crippen LogP contribution is 2.45. The van der Waals surface area contributed by atoms with Gasteiger partial charge in [-0.1, -0.05) is 17.7 Å². The van der Waals surface area contributed by atoms with Crippen molar-refractivity contribution in [3.05, 3.63) is 28.8 Å². The highest BCUT2D eigenvalue weighted by molar-refractivity contribution is 6.33. The van der Waals surface area contributed by atoms with Crippen molar-refractivity contribution in [3.63, 3.8) is 0 Å². The van der Waals surface area contributed by atoms with Gasteiger partial charge in [0.25, 0.3) is 5.91 Å². The molecule has 0 aromatic heterocycles. The maximum absolute atomic E-state index is 12.2. The Bertz CT molecular complexity index is 508. The van der Waals surface area contributed by atoms with Gasteiger partial charge in [0.1, 0.15) is 5.60 Å². The first-order valence-electron chi connectivity index (χ1n) is 6.07. The van der Waals surface area contributed by atoms with Gasteiger partial charge in [-0.05, 0) is 30.9 Å². The summed E-state index contributed by atoms with van der Waals surface area (Å²) in [6.45, 7) is 0.810. The van der Waals surface area contributed by atoms with E-state index < -0.39 is 5.60 Å². The number of aliphatic hydroxyl groups is 1. The number of halogens is 1. The zero-order chi connectivity index (χ0) is 12.9. The number of amides is 1. The predicted octanol–water partition coefficient (Wildman–Crippen LogP) is 1.52. The van der Waals surface area contributed by atoms with E-state index in [1.807, 2.05) is 0 Å². The van der Waals surface area contributed by atoms with Gasteiger partial charge in [-0.3, -0.25) is 4.79 Å². The summed E-state index contributed by atoms with van der Waals surface area (Å²) < 4.78 is 0.